The zero-order valence-corrected chi connectivity index (χ0v) is 9.47. The largest absolute Gasteiger partial charge is 0.327 e. The van der Waals surface area contributed by atoms with Crippen LogP contribution in [0.5, 0.6) is 0 Å². The first-order valence-electron chi connectivity index (χ1n) is 5.38. The van der Waals surface area contributed by atoms with Crippen molar-refractivity contribution in [2.75, 3.05) is 0 Å². The Hall–Kier alpha value is -1.22. The molecule has 1 rings (SSSR count). The maximum Gasteiger partial charge on any atom is 0.126 e. The summed E-state index contributed by atoms with van der Waals surface area (Å²) in [5.74, 6) is -1.12. The fourth-order valence-corrected chi connectivity index (χ4v) is 1.62. The highest BCUT2D eigenvalue weighted by Gasteiger charge is 2.07. The van der Waals surface area contributed by atoms with Crippen molar-refractivity contribution in [3.05, 3.63) is 47.5 Å². The van der Waals surface area contributed by atoms with Gasteiger partial charge in [0.05, 0.1) is 0 Å². The first-order valence-corrected chi connectivity index (χ1v) is 5.38. The molecule has 1 aromatic carbocycles. The second-order valence-electron chi connectivity index (χ2n) is 4.05. The van der Waals surface area contributed by atoms with Gasteiger partial charge in [0.1, 0.15) is 11.6 Å². The molecule has 1 nitrogen and oxygen atoms in total. The van der Waals surface area contributed by atoms with Crippen LogP contribution in [0.1, 0.15) is 25.3 Å². The van der Waals surface area contributed by atoms with Crippen molar-refractivity contribution >= 4 is 0 Å². The SMILES string of the molecule is C=C(CC)CC(N)Cc1cc(F)cc(F)c1. The topological polar surface area (TPSA) is 26.0 Å². The van der Waals surface area contributed by atoms with E-state index in [1.807, 2.05) is 6.92 Å². The number of benzene rings is 1. The van der Waals surface area contributed by atoms with Gasteiger partial charge in [0.2, 0.25) is 0 Å². The van der Waals surface area contributed by atoms with Gasteiger partial charge in [-0.25, -0.2) is 8.78 Å². The smallest absolute Gasteiger partial charge is 0.126 e. The Kier molecular flexibility index (Phi) is 4.62. The van der Waals surface area contributed by atoms with Gasteiger partial charge >= 0.3 is 0 Å². The molecule has 0 aliphatic heterocycles. The van der Waals surface area contributed by atoms with Gasteiger partial charge in [0.25, 0.3) is 0 Å². The van der Waals surface area contributed by atoms with Crippen LogP contribution in [0.4, 0.5) is 8.78 Å². The van der Waals surface area contributed by atoms with E-state index >= 15 is 0 Å². The van der Waals surface area contributed by atoms with Crippen LogP contribution in [0, 0.1) is 11.6 Å². The highest BCUT2D eigenvalue weighted by Crippen LogP contribution is 2.13. The Morgan fingerprint density at radius 2 is 1.88 bits per heavy atom. The lowest BCUT2D eigenvalue weighted by atomic mass is 9.99. The molecule has 2 N–H and O–H groups in total. The molecule has 3 heteroatoms. The van der Waals surface area contributed by atoms with Crippen LogP contribution in [0.15, 0.2) is 30.4 Å². The molecule has 1 unspecified atom stereocenters. The van der Waals surface area contributed by atoms with E-state index in [1.165, 1.54) is 12.1 Å². The highest BCUT2D eigenvalue weighted by atomic mass is 19.1. The van der Waals surface area contributed by atoms with E-state index in [2.05, 4.69) is 6.58 Å². The second kappa shape index (κ2) is 5.75. The molecule has 0 saturated carbocycles. The summed E-state index contributed by atoms with van der Waals surface area (Å²) < 4.78 is 25.8. The van der Waals surface area contributed by atoms with Crippen LogP contribution in [-0.2, 0) is 6.42 Å². The third kappa shape index (κ3) is 4.11. The third-order valence-electron chi connectivity index (χ3n) is 2.47. The van der Waals surface area contributed by atoms with E-state index in [9.17, 15) is 8.78 Å². The first-order chi connectivity index (χ1) is 7.51. The Balaban J connectivity index is 2.62. The van der Waals surface area contributed by atoms with Crippen LogP contribution < -0.4 is 5.73 Å². The molecule has 1 aromatic rings. The van der Waals surface area contributed by atoms with Gasteiger partial charge in [-0.1, -0.05) is 19.1 Å². The fraction of sp³-hybridized carbons (Fsp3) is 0.385. The number of hydrogen-bond donors (Lipinski definition) is 1. The zero-order chi connectivity index (χ0) is 12.1. The predicted molar refractivity (Wildman–Crippen MR) is 62.1 cm³/mol. The molecule has 1 atom stereocenters. The summed E-state index contributed by atoms with van der Waals surface area (Å²) >= 11 is 0. The summed E-state index contributed by atoms with van der Waals surface area (Å²) in [5.41, 5.74) is 7.53. The van der Waals surface area contributed by atoms with Crippen molar-refractivity contribution < 1.29 is 8.78 Å². The molecule has 16 heavy (non-hydrogen) atoms. The summed E-state index contributed by atoms with van der Waals surface area (Å²) in [4.78, 5) is 0. The Morgan fingerprint density at radius 1 is 1.31 bits per heavy atom. The Bertz CT molecular complexity index is 354. The predicted octanol–water partition coefficient (Wildman–Crippen LogP) is 3.19. The number of hydrogen-bond acceptors (Lipinski definition) is 1. The molecule has 88 valence electrons. The first kappa shape index (κ1) is 12.8. The molecule has 0 heterocycles. The minimum absolute atomic E-state index is 0.131. The monoisotopic (exact) mass is 225 g/mol. The molecule has 0 aliphatic carbocycles. The van der Waals surface area contributed by atoms with Crippen molar-refractivity contribution in [2.45, 2.75) is 32.2 Å². The summed E-state index contributed by atoms with van der Waals surface area (Å²) in [6, 6.07) is 3.36. The summed E-state index contributed by atoms with van der Waals surface area (Å²) in [6.45, 7) is 5.87. The van der Waals surface area contributed by atoms with E-state index in [0.717, 1.165) is 18.1 Å². The van der Waals surface area contributed by atoms with Gasteiger partial charge in [-0.3, -0.25) is 0 Å². The van der Waals surface area contributed by atoms with Crippen molar-refractivity contribution in [3.8, 4) is 0 Å². The van der Waals surface area contributed by atoms with Crippen molar-refractivity contribution in [2.24, 2.45) is 5.73 Å². The molecular formula is C13H17F2N. The van der Waals surface area contributed by atoms with Gasteiger partial charge in [-0.2, -0.15) is 0 Å². The maximum absolute atomic E-state index is 12.9. The molecule has 0 aromatic heterocycles. The standard InChI is InChI=1S/C13H17F2N/c1-3-9(2)4-13(16)7-10-5-11(14)8-12(15)6-10/h5-6,8,13H,2-4,7,16H2,1H3. The molecule has 0 radical (unpaired) electrons. The Labute approximate surface area is 95.0 Å². The van der Waals surface area contributed by atoms with Gasteiger partial charge in [0.15, 0.2) is 0 Å². The lowest BCUT2D eigenvalue weighted by Crippen LogP contribution is -2.23. The van der Waals surface area contributed by atoms with Crippen LogP contribution in [0.3, 0.4) is 0 Å². The molecule has 0 fully saturated rings. The van der Waals surface area contributed by atoms with E-state index in [4.69, 9.17) is 5.73 Å². The molecule has 0 amide bonds. The summed E-state index contributed by atoms with van der Waals surface area (Å²) in [6.07, 6.45) is 2.04. The lowest BCUT2D eigenvalue weighted by Gasteiger charge is -2.12. The summed E-state index contributed by atoms with van der Waals surface area (Å²) in [5, 5.41) is 0. The quantitative estimate of drug-likeness (QED) is 0.765. The average Bonchev–Trinajstić information content (AvgIpc) is 2.15. The molecule has 0 spiro atoms. The number of nitrogens with two attached hydrogens (primary N) is 1. The molecule has 0 bridgehead atoms. The number of halogens is 2. The van der Waals surface area contributed by atoms with Crippen molar-refractivity contribution in [1.82, 2.24) is 0 Å². The van der Waals surface area contributed by atoms with Gasteiger partial charge in [-0.05, 0) is 37.0 Å². The fourth-order valence-electron chi connectivity index (χ4n) is 1.62. The minimum atomic E-state index is -0.559. The summed E-state index contributed by atoms with van der Waals surface area (Å²) in [7, 11) is 0. The van der Waals surface area contributed by atoms with Crippen molar-refractivity contribution in [3.63, 3.8) is 0 Å². The Morgan fingerprint density at radius 3 is 2.38 bits per heavy atom. The zero-order valence-electron chi connectivity index (χ0n) is 9.47. The van der Waals surface area contributed by atoms with Crippen LogP contribution >= 0.6 is 0 Å². The van der Waals surface area contributed by atoms with Crippen molar-refractivity contribution in [1.29, 1.82) is 0 Å². The van der Waals surface area contributed by atoms with E-state index in [0.29, 0.717) is 18.4 Å². The highest BCUT2D eigenvalue weighted by molar-refractivity contribution is 5.19. The second-order valence-corrected chi connectivity index (χ2v) is 4.05. The van der Waals surface area contributed by atoms with Crippen LogP contribution in [0.2, 0.25) is 0 Å². The maximum atomic E-state index is 12.9. The van der Waals surface area contributed by atoms with Gasteiger partial charge < -0.3 is 5.73 Å². The number of rotatable bonds is 5. The normalized spacial score (nSPS) is 12.5. The van der Waals surface area contributed by atoms with Crippen LogP contribution in [-0.4, -0.2) is 6.04 Å². The molecular weight excluding hydrogens is 208 g/mol. The average molecular weight is 225 g/mol. The van der Waals surface area contributed by atoms with E-state index in [-0.39, 0.29) is 6.04 Å². The van der Waals surface area contributed by atoms with Gasteiger partial charge in [0, 0.05) is 12.1 Å². The molecule has 0 aliphatic rings. The van der Waals surface area contributed by atoms with Gasteiger partial charge in [-0.15, -0.1) is 0 Å². The van der Waals surface area contributed by atoms with E-state index < -0.39 is 11.6 Å². The third-order valence-corrected chi connectivity index (χ3v) is 2.47. The van der Waals surface area contributed by atoms with E-state index in [1.54, 1.807) is 0 Å². The lowest BCUT2D eigenvalue weighted by molar-refractivity contribution is 0.573. The molecule has 0 saturated heterocycles. The minimum Gasteiger partial charge on any atom is -0.327 e. The van der Waals surface area contributed by atoms with Crippen LogP contribution in [0.25, 0.3) is 0 Å².